The summed E-state index contributed by atoms with van der Waals surface area (Å²) >= 11 is 0. The normalized spacial score (nSPS) is 11.5. The predicted octanol–water partition coefficient (Wildman–Crippen LogP) is 4.06. The summed E-state index contributed by atoms with van der Waals surface area (Å²) in [7, 11) is 0. The number of rotatable bonds is 3. The number of hydrogen-bond donors (Lipinski definition) is 1. The molecule has 0 radical (unpaired) electrons. The largest absolute Gasteiger partial charge is 0.454 e. The van der Waals surface area contributed by atoms with Crippen LogP contribution in [0.25, 0.3) is 0 Å². The highest BCUT2D eigenvalue weighted by Gasteiger charge is 2.07. The summed E-state index contributed by atoms with van der Waals surface area (Å²) in [6.07, 6.45) is 0. The number of halogens is 2. The van der Waals surface area contributed by atoms with Gasteiger partial charge in [-0.25, -0.2) is 4.39 Å². The summed E-state index contributed by atoms with van der Waals surface area (Å²) in [4.78, 5) is 0. The minimum absolute atomic E-state index is 0. The van der Waals surface area contributed by atoms with E-state index in [9.17, 15) is 4.39 Å². The Morgan fingerprint density at radius 3 is 2.33 bits per heavy atom. The molecule has 0 aliphatic rings. The topological polar surface area (TPSA) is 35.2 Å². The van der Waals surface area contributed by atoms with E-state index in [4.69, 9.17) is 10.5 Å². The van der Waals surface area contributed by atoms with E-state index in [1.165, 1.54) is 6.07 Å². The van der Waals surface area contributed by atoms with Crippen molar-refractivity contribution in [3.63, 3.8) is 0 Å². The zero-order valence-electron chi connectivity index (χ0n) is 9.97. The molecule has 2 nitrogen and oxygen atoms in total. The average Bonchev–Trinajstić information content (AvgIpc) is 2.33. The van der Waals surface area contributed by atoms with Crippen LogP contribution in [-0.4, -0.2) is 0 Å². The molecular weight excluding hydrogens is 253 g/mol. The Balaban J connectivity index is 0.00000162. The number of para-hydroxylation sites is 1. The van der Waals surface area contributed by atoms with E-state index in [1.807, 2.05) is 25.1 Å². The van der Waals surface area contributed by atoms with Crippen molar-refractivity contribution in [2.24, 2.45) is 5.73 Å². The predicted molar refractivity (Wildman–Crippen MR) is 72.8 cm³/mol. The zero-order valence-corrected chi connectivity index (χ0v) is 10.8. The summed E-state index contributed by atoms with van der Waals surface area (Å²) in [6.45, 7) is 1.81. The number of benzene rings is 2. The van der Waals surface area contributed by atoms with Gasteiger partial charge in [0, 0.05) is 6.04 Å². The summed E-state index contributed by atoms with van der Waals surface area (Å²) in [5.41, 5.74) is 6.43. The smallest absolute Gasteiger partial charge is 0.166 e. The van der Waals surface area contributed by atoms with Crippen molar-refractivity contribution in [1.29, 1.82) is 0 Å². The molecule has 0 aliphatic heterocycles. The van der Waals surface area contributed by atoms with E-state index in [0.29, 0.717) is 5.75 Å². The molecule has 96 valence electrons. The molecule has 0 aromatic heterocycles. The van der Waals surface area contributed by atoms with Crippen LogP contribution in [0.2, 0.25) is 0 Å². The highest BCUT2D eigenvalue weighted by molar-refractivity contribution is 5.85. The third-order valence-electron chi connectivity index (χ3n) is 2.45. The summed E-state index contributed by atoms with van der Waals surface area (Å²) in [6, 6.07) is 13.7. The van der Waals surface area contributed by atoms with E-state index in [2.05, 4.69) is 0 Å². The molecule has 2 aromatic carbocycles. The maximum absolute atomic E-state index is 13.7. The molecule has 1 atom stereocenters. The van der Waals surface area contributed by atoms with Crippen molar-refractivity contribution < 1.29 is 9.13 Å². The van der Waals surface area contributed by atoms with Gasteiger partial charge in [0.15, 0.2) is 11.6 Å². The first-order valence-electron chi connectivity index (χ1n) is 5.45. The SMILES string of the molecule is C[C@H](N)c1ccc(Oc2ccccc2)c(F)c1.Cl. The van der Waals surface area contributed by atoms with Crippen LogP contribution in [0.4, 0.5) is 4.39 Å². The molecule has 0 unspecified atom stereocenters. The van der Waals surface area contributed by atoms with Crippen LogP contribution in [0.5, 0.6) is 11.5 Å². The molecule has 0 saturated heterocycles. The Bertz CT molecular complexity index is 502. The van der Waals surface area contributed by atoms with Gasteiger partial charge in [0.25, 0.3) is 0 Å². The number of ether oxygens (including phenoxy) is 1. The lowest BCUT2D eigenvalue weighted by Gasteiger charge is -2.10. The molecule has 2 aromatic rings. The standard InChI is InChI=1S/C14H14FNO.ClH/c1-10(16)11-7-8-14(13(15)9-11)17-12-5-3-2-4-6-12;/h2-10H,16H2,1H3;1H/t10-;/m0./s1. The van der Waals surface area contributed by atoms with Crippen molar-refractivity contribution in [2.75, 3.05) is 0 Å². The Hall–Kier alpha value is -1.58. The second kappa shape index (κ2) is 6.38. The molecule has 4 heteroatoms. The van der Waals surface area contributed by atoms with Crippen LogP contribution in [0.1, 0.15) is 18.5 Å². The molecule has 0 saturated carbocycles. The zero-order chi connectivity index (χ0) is 12.3. The van der Waals surface area contributed by atoms with Gasteiger partial charge in [-0.2, -0.15) is 0 Å². The molecule has 2 N–H and O–H groups in total. The Kier molecular flexibility index (Phi) is 5.13. The van der Waals surface area contributed by atoms with Gasteiger partial charge in [-0.3, -0.25) is 0 Å². The van der Waals surface area contributed by atoms with Gasteiger partial charge in [0.2, 0.25) is 0 Å². The van der Waals surface area contributed by atoms with E-state index in [0.717, 1.165) is 5.56 Å². The van der Waals surface area contributed by atoms with Crippen molar-refractivity contribution in [2.45, 2.75) is 13.0 Å². The van der Waals surface area contributed by atoms with Crippen LogP contribution in [0.3, 0.4) is 0 Å². The third-order valence-corrected chi connectivity index (χ3v) is 2.45. The van der Waals surface area contributed by atoms with Crippen molar-refractivity contribution in [1.82, 2.24) is 0 Å². The summed E-state index contributed by atoms with van der Waals surface area (Å²) in [5.74, 6) is 0.421. The fourth-order valence-corrected chi connectivity index (χ4v) is 1.50. The highest BCUT2D eigenvalue weighted by atomic mass is 35.5. The first-order chi connectivity index (χ1) is 8.16. The van der Waals surface area contributed by atoms with Crippen LogP contribution >= 0.6 is 12.4 Å². The van der Waals surface area contributed by atoms with E-state index < -0.39 is 5.82 Å². The first-order valence-corrected chi connectivity index (χ1v) is 5.45. The maximum Gasteiger partial charge on any atom is 0.166 e. The lowest BCUT2D eigenvalue weighted by Crippen LogP contribution is -2.05. The molecule has 0 spiro atoms. The monoisotopic (exact) mass is 267 g/mol. The molecule has 0 bridgehead atoms. The highest BCUT2D eigenvalue weighted by Crippen LogP contribution is 2.26. The second-order valence-electron chi connectivity index (χ2n) is 3.89. The van der Waals surface area contributed by atoms with Crippen LogP contribution < -0.4 is 10.5 Å². The Morgan fingerprint density at radius 1 is 1.11 bits per heavy atom. The third kappa shape index (κ3) is 3.45. The number of nitrogens with two attached hydrogens (primary N) is 1. The van der Waals surface area contributed by atoms with E-state index >= 15 is 0 Å². The Morgan fingerprint density at radius 2 is 1.78 bits per heavy atom. The molecular formula is C14H15ClFNO. The Labute approximate surface area is 112 Å². The van der Waals surface area contributed by atoms with Crippen molar-refractivity contribution in [3.8, 4) is 11.5 Å². The van der Waals surface area contributed by atoms with Gasteiger partial charge >= 0.3 is 0 Å². The quantitative estimate of drug-likeness (QED) is 0.910. The van der Waals surface area contributed by atoms with Crippen LogP contribution in [-0.2, 0) is 0 Å². The summed E-state index contributed by atoms with van der Waals surface area (Å²) in [5, 5.41) is 0. The molecule has 0 fully saturated rings. The average molecular weight is 268 g/mol. The van der Waals surface area contributed by atoms with Crippen LogP contribution in [0, 0.1) is 5.82 Å². The minimum Gasteiger partial charge on any atom is -0.454 e. The van der Waals surface area contributed by atoms with Crippen LogP contribution in [0.15, 0.2) is 48.5 Å². The molecule has 18 heavy (non-hydrogen) atoms. The fraction of sp³-hybridized carbons (Fsp3) is 0.143. The maximum atomic E-state index is 13.7. The second-order valence-corrected chi connectivity index (χ2v) is 3.89. The van der Waals surface area contributed by atoms with Gasteiger partial charge in [0.1, 0.15) is 5.75 Å². The van der Waals surface area contributed by atoms with Gasteiger partial charge in [-0.1, -0.05) is 24.3 Å². The molecule has 2 rings (SSSR count). The first kappa shape index (κ1) is 14.5. The lowest BCUT2D eigenvalue weighted by atomic mass is 10.1. The minimum atomic E-state index is -0.399. The molecule has 0 heterocycles. The van der Waals surface area contributed by atoms with Gasteiger partial charge in [0.05, 0.1) is 0 Å². The van der Waals surface area contributed by atoms with E-state index in [1.54, 1.807) is 24.3 Å². The van der Waals surface area contributed by atoms with Crippen molar-refractivity contribution >= 4 is 12.4 Å². The molecule has 0 amide bonds. The van der Waals surface area contributed by atoms with Gasteiger partial charge < -0.3 is 10.5 Å². The van der Waals surface area contributed by atoms with Gasteiger partial charge in [-0.05, 0) is 36.8 Å². The van der Waals surface area contributed by atoms with Gasteiger partial charge in [-0.15, -0.1) is 12.4 Å². The fourth-order valence-electron chi connectivity index (χ4n) is 1.50. The van der Waals surface area contributed by atoms with E-state index in [-0.39, 0.29) is 24.2 Å². The summed E-state index contributed by atoms with van der Waals surface area (Å²) < 4.78 is 19.1. The molecule has 0 aliphatic carbocycles. The van der Waals surface area contributed by atoms with Crippen molar-refractivity contribution in [3.05, 3.63) is 59.9 Å². The lowest BCUT2D eigenvalue weighted by molar-refractivity contribution is 0.441. The number of hydrogen-bond acceptors (Lipinski definition) is 2.